The van der Waals surface area contributed by atoms with Crippen molar-refractivity contribution in [2.75, 3.05) is 25.6 Å². The van der Waals surface area contributed by atoms with Crippen LogP contribution in [0.4, 0.5) is 5.69 Å². The summed E-state index contributed by atoms with van der Waals surface area (Å²) in [6, 6.07) is 5.70. The van der Waals surface area contributed by atoms with Crippen LogP contribution in [-0.4, -0.2) is 33.3 Å². The number of nitrogens with two attached hydrogens (primary N) is 2. The van der Waals surface area contributed by atoms with E-state index in [-0.39, 0.29) is 23.9 Å². The summed E-state index contributed by atoms with van der Waals surface area (Å²) in [6.07, 6.45) is 13.6. The van der Waals surface area contributed by atoms with E-state index in [1.54, 1.807) is 0 Å². The van der Waals surface area contributed by atoms with Crippen LogP contribution in [-0.2, 0) is 14.8 Å². The Morgan fingerprint density at radius 2 is 1.32 bits per heavy atom. The topological polar surface area (TPSA) is 116 Å². The first kappa shape index (κ1) is 29.3. The lowest BCUT2D eigenvalue weighted by molar-refractivity contribution is 0.0895. The Hall–Kier alpha value is -0.860. The Morgan fingerprint density at radius 1 is 0.857 bits per heavy atom. The molecule has 6 nitrogen and oxygen atoms in total. The molecule has 0 atom stereocenters. The van der Waals surface area contributed by atoms with Gasteiger partial charge in [0.15, 0.2) is 0 Å². The van der Waals surface area contributed by atoms with Gasteiger partial charge in [-0.1, -0.05) is 64.7 Å². The Balaban J connectivity index is 0. The fourth-order valence-electron chi connectivity index (χ4n) is 2.52. The van der Waals surface area contributed by atoms with Crippen LogP contribution in [0.15, 0.2) is 29.2 Å². The summed E-state index contributed by atoms with van der Waals surface area (Å²) in [6.45, 7) is 3.73. The monoisotopic (exact) mass is 438 g/mol. The number of unbranched alkanes of at least 4 members (excludes halogenated alkanes) is 9. The molecule has 0 radical (unpaired) electrons. The summed E-state index contributed by atoms with van der Waals surface area (Å²) in [5.41, 5.74) is 5.85. The van der Waals surface area contributed by atoms with Crippen molar-refractivity contribution >= 4 is 28.1 Å². The van der Waals surface area contributed by atoms with Crippen molar-refractivity contribution in [1.82, 2.24) is 0 Å². The molecule has 1 rings (SSSR count). The van der Waals surface area contributed by atoms with Gasteiger partial charge in [-0.25, -0.2) is 13.6 Å². The summed E-state index contributed by atoms with van der Waals surface area (Å²) >= 11 is 0. The van der Waals surface area contributed by atoms with Gasteiger partial charge < -0.3 is 15.6 Å². The summed E-state index contributed by atoms with van der Waals surface area (Å²) in [7, 11) is -3.58. The second kappa shape index (κ2) is 19.5. The van der Waals surface area contributed by atoms with Gasteiger partial charge in [0.2, 0.25) is 10.0 Å². The number of hydrogen-bond donors (Lipinski definition) is 3. The minimum atomic E-state index is -3.58. The number of aliphatic hydroxyl groups excluding tert-OH is 1. The summed E-state index contributed by atoms with van der Waals surface area (Å²) < 4.78 is 26.6. The molecule has 166 valence electrons. The molecule has 1 aromatic rings. The second-order valence-corrected chi connectivity index (χ2v) is 8.19. The number of primary sulfonamides is 1. The minimum absolute atomic E-state index is 0. The first-order valence-corrected chi connectivity index (χ1v) is 11.5. The average molecular weight is 439 g/mol. The SMILES string of the molecule is CCCCCCCCCCCCOCCO.Cl.Nc1ccc(S(N)(=O)=O)cc1. The highest BCUT2D eigenvalue weighted by Crippen LogP contribution is 2.10. The van der Waals surface area contributed by atoms with Crippen LogP contribution >= 0.6 is 12.4 Å². The molecule has 0 aromatic heterocycles. The van der Waals surface area contributed by atoms with Gasteiger partial charge in [0.1, 0.15) is 0 Å². The van der Waals surface area contributed by atoms with Crippen molar-refractivity contribution < 1.29 is 18.3 Å². The van der Waals surface area contributed by atoms with Crippen molar-refractivity contribution in [3.8, 4) is 0 Å². The van der Waals surface area contributed by atoms with Gasteiger partial charge in [0.25, 0.3) is 0 Å². The molecule has 0 heterocycles. The molecule has 0 amide bonds. The van der Waals surface area contributed by atoms with E-state index >= 15 is 0 Å². The van der Waals surface area contributed by atoms with Gasteiger partial charge in [-0.3, -0.25) is 0 Å². The fraction of sp³-hybridized carbons (Fsp3) is 0.700. The Bertz CT molecular complexity index is 540. The van der Waals surface area contributed by atoms with Gasteiger partial charge >= 0.3 is 0 Å². The smallest absolute Gasteiger partial charge is 0.238 e. The first-order valence-electron chi connectivity index (χ1n) is 9.98. The minimum Gasteiger partial charge on any atom is -0.399 e. The number of nitrogen functional groups attached to an aromatic ring is 1. The molecule has 28 heavy (non-hydrogen) atoms. The third-order valence-corrected chi connectivity index (χ3v) is 5.02. The molecule has 0 fully saturated rings. The van der Waals surface area contributed by atoms with Gasteiger partial charge in [0, 0.05) is 12.3 Å². The number of anilines is 1. The molecular formula is C20H39ClN2O4S. The number of halogens is 1. The summed E-state index contributed by atoms with van der Waals surface area (Å²) in [4.78, 5) is 0.0756. The normalized spacial score (nSPS) is 10.7. The van der Waals surface area contributed by atoms with Crippen molar-refractivity contribution in [1.29, 1.82) is 0 Å². The number of rotatable bonds is 14. The maximum Gasteiger partial charge on any atom is 0.238 e. The van der Waals surface area contributed by atoms with E-state index in [0.29, 0.717) is 12.3 Å². The fourth-order valence-corrected chi connectivity index (χ4v) is 3.03. The van der Waals surface area contributed by atoms with E-state index in [9.17, 15) is 8.42 Å². The zero-order valence-electron chi connectivity index (χ0n) is 17.1. The maximum atomic E-state index is 10.7. The average Bonchev–Trinajstić information content (AvgIpc) is 2.63. The molecule has 0 bridgehead atoms. The highest BCUT2D eigenvalue weighted by atomic mass is 35.5. The molecule has 0 aliphatic rings. The van der Waals surface area contributed by atoms with Crippen LogP contribution in [0, 0.1) is 0 Å². The number of sulfonamides is 1. The standard InChI is InChI=1S/C14H30O2.C6H8N2O2S.ClH/c1-2-3-4-5-6-7-8-9-10-11-13-16-14-12-15;7-5-1-3-6(4-2-5)11(8,9)10;/h15H,2-14H2,1H3;1-4H,7H2,(H2,8,9,10);1H. The molecule has 5 N–H and O–H groups in total. The third-order valence-electron chi connectivity index (χ3n) is 4.09. The molecule has 0 aliphatic heterocycles. The van der Waals surface area contributed by atoms with Crippen molar-refractivity contribution in [2.45, 2.75) is 76.0 Å². The van der Waals surface area contributed by atoms with Crippen molar-refractivity contribution in [3.63, 3.8) is 0 Å². The number of ether oxygens (including phenoxy) is 1. The summed E-state index contributed by atoms with van der Waals surface area (Å²) in [5, 5.41) is 13.3. The van der Waals surface area contributed by atoms with Crippen LogP contribution in [0.2, 0.25) is 0 Å². The van der Waals surface area contributed by atoms with E-state index in [0.717, 1.165) is 13.0 Å². The highest BCUT2D eigenvalue weighted by molar-refractivity contribution is 7.89. The molecule has 1 aromatic carbocycles. The Kier molecular flexibility index (Phi) is 20.4. The van der Waals surface area contributed by atoms with E-state index in [1.807, 2.05) is 0 Å². The second-order valence-electron chi connectivity index (χ2n) is 6.63. The lowest BCUT2D eigenvalue weighted by atomic mass is 10.1. The lowest BCUT2D eigenvalue weighted by Gasteiger charge is -2.03. The molecule has 0 aliphatic carbocycles. The number of hydrogen-bond acceptors (Lipinski definition) is 5. The quantitative estimate of drug-likeness (QED) is 0.296. The molecule has 0 unspecified atom stereocenters. The van der Waals surface area contributed by atoms with Crippen LogP contribution in [0.3, 0.4) is 0 Å². The van der Waals surface area contributed by atoms with E-state index < -0.39 is 10.0 Å². The predicted octanol–water partition coefficient (Wildman–Crippen LogP) is 4.25. The number of benzene rings is 1. The molecular weight excluding hydrogens is 400 g/mol. The predicted molar refractivity (Wildman–Crippen MR) is 119 cm³/mol. The van der Waals surface area contributed by atoms with Crippen LogP contribution in [0.25, 0.3) is 0 Å². The van der Waals surface area contributed by atoms with Gasteiger partial charge in [0.05, 0.1) is 18.1 Å². The van der Waals surface area contributed by atoms with Crippen LogP contribution in [0.1, 0.15) is 71.1 Å². The first-order chi connectivity index (χ1) is 12.9. The highest BCUT2D eigenvalue weighted by Gasteiger charge is 2.05. The zero-order valence-corrected chi connectivity index (χ0v) is 18.8. The lowest BCUT2D eigenvalue weighted by Crippen LogP contribution is -2.11. The van der Waals surface area contributed by atoms with Crippen molar-refractivity contribution in [3.05, 3.63) is 24.3 Å². The molecule has 0 spiro atoms. The van der Waals surface area contributed by atoms with Crippen LogP contribution < -0.4 is 10.9 Å². The third kappa shape index (κ3) is 18.5. The van der Waals surface area contributed by atoms with E-state index in [4.69, 9.17) is 20.7 Å². The summed E-state index contributed by atoms with van der Waals surface area (Å²) in [5.74, 6) is 0. The van der Waals surface area contributed by atoms with E-state index in [1.165, 1.54) is 82.1 Å². The molecule has 8 heteroatoms. The van der Waals surface area contributed by atoms with Gasteiger partial charge in [-0.05, 0) is 30.7 Å². The van der Waals surface area contributed by atoms with Crippen LogP contribution in [0.5, 0.6) is 0 Å². The zero-order chi connectivity index (χ0) is 20.4. The largest absolute Gasteiger partial charge is 0.399 e. The number of aliphatic hydroxyl groups is 1. The maximum absolute atomic E-state index is 10.7. The van der Waals surface area contributed by atoms with Gasteiger partial charge in [-0.2, -0.15) is 0 Å². The van der Waals surface area contributed by atoms with Gasteiger partial charge in [-0.15, -0.1) is 12.4 Å². The Labute approximate surface area is 177 Å². The Morgan fingerprint density at radius 3 is 1.75 bits per heavy atom. The van der Waals surface area contributed by atoms with Crippen molar-refractivity contribution in [2.24, 2.45) is 5.14 Å². The molecule has 0 saturated heterocycles. The van der Waals surface area contributed by atoms with E-state index in [2.05, 4.69) is 6.92 Å². The molecule has 0 saturated carbocycles.